The zero-order valence-electron chi connectivity index (χ0n) is 7.66. The first-order chi connectivity index (χ1) is 7.02. The maximum atomic E-state index is 10.5. The number of carboxylic acid groups (broad SMARTS) is 1. The average Bonchev–Trinajstić information content (AvgIpc) is 2.18. The Morgan fingerprint density at radius 3 is 2.60 bits per heavy atom. The smallest absolute Gasteiger partial charge is 0.332 e. The fourth-order valence-electron chi connectivity index (χ4n) is 1.16. The van der Waals surface area contributed by atoms with Crippen LogP contribution in [0, 0.1) is 10.1 Å². The van der Waals surface area contributed by atoms with Crippen molar-refractivity contribution in [2.75, 3.05) is 0 Å². The van der Waals surface area contributed by atoms with Gasteiger partial charge in [0.1, 0.15) is 0 Å². The number of benzene rings is 1. The number of para-hydroxylation sites is 1. The normalized spacial score (nSPS) is 12.1. The molecule has 0 saturated heterocycles. The van der Waals surface area contributed by atoms with E-state index in [0.29, 0.717) is 0 Å². The molecule has 0 heterocycles. The summed E-state index contributed by atoms with van der Waals surface area (Å²) in [5.74, 6) is -1.40. The van der Waals surface area contributed by atoms with Crippen LogP contribution in [0.15, 0.2) is 24.3 Å². The van der Waals surface area contributed by atoms with E-state index in [1.807, 2.05) is 0 Å². The number of aliphatic carboxylic acids is 1. The van der Waals surface area contributed by atoms with Gasteiger partial charge in [0.2, 0.25) is 0 Å². The van der Waals surface area contributed by atoms with E-state index in [1.165, 1.54) is 18.2 Å². The minimum Gasteiger partial charge on any atom is -0.479 e. The maximum absolute atomic E-state index is 10.5. The monoisotopic (exact) mass is 211 g/mol. The van der Waals surface area contributed by atoms with Gasteiger partial charge in [-0.2, -0.15) is 0 Å². The van der Waals surface area contributed by atoms with E-state index in [0.717, 1.165) is 0 Å². The van der Waals surface area contributed by atoms with Crippen LogP contribution in [0.1, 0.15) is 5.56 Å². The molecule has 0 aliphatic carbocycles. The first kappa shape index (κ1) is 11.1. The van der Waals surface area contributed by atoms with Gasteiger partial charge in [0.25, 0.3) is 5.69 Å². The fraction of sp³-hybridized carbons (Fsp3) is 0.222. The predicted octanol–water partition coefficient (Wildman–Crippen LogP) is 0.583. The third-order valence-corrected chi connectivity index (χ3v) is 1.89. The van der Waals surface area contributed by atoms with Crippen LogP contribution in [-0.2, 0) is 11.2 Å². The molecule has 0 saturated carbocycles. The van der Waals surface area contributed by atoms with Crippen LogP contribution < -0.4 is 0 Å². The van der Waals surface area contributed by atoms with Gasteiger partial charge in [0.15, 0.2) is 6.10 Å². The molecule has 6 heteroatoms. The number of rotatable bonds is 4. The minimum absolute atomic E-state index is 0.183. The molecule has 0 amide bonds. The van der Waals surface area contributed by atoms with Crippen molar-refractivity contribution >= 4 is 11.7 Å². The average molecular weight is 211 g/mol. The molecule has 6 nitrogen and oxygen atoms in total. The Hall–Kier alpha value is -1.95. The van der Waals surface area contributed by atoms with E-state index in [-0.39, 0.29) is 17.7 Å². The number of hydrogen-bond acceptors (Lipinski definition) is 4. The Balaban J connectivity index is 2.94. The molecule has 1 unspecified atom stereocenters. The summed E-state index contributed by atoms with van der Waals surface area (Å²) < 4.78 is 0. The van der Waals surface area contributed by atoms with Crippen molar-refractivity contribution in [3.63, 3.8) is 0 Å². The quantitative estimate of drug-likeness (QED) is 0.560. The highest BCUT2D eigenvalue weighted by atomic mass is 16.6. The molecular weight excluding hydrogens is 202 g/mol. The summed E-state index contributed by atoms with van der Waals surface area (Å²) in [5, 5.41) is 28.1. The lowest BCUT2D eigenvalue weighted by Gasteiger charge is -2.05. The highest BCUT2D eigenvalue weighted by Gasteiger charge is 2.19. The number of aliphatic hydroxyl groups is 1. The summed E-state index contributed by atoms with van der Waals surface area (Å²) in [7, 11) is 0. The molecule has 0 aromatic heterocycles. The molecule has 1 aromatic carbocycles. The van der Waals surface area contributed by atoms with E-state index in [9.17, 15) is 14.9 Å². The number of nitro benzene ring substituents is 1. The van der Waals surface area contributed by atoms with Gasteiger partial charge in [0, 0.05) is 18.1 Å². The molecule has 0 aliphatic rings. The summed E-state index contributed by atoms with van der Waals surface area (Å²) >= 11 is 0. The maximum Gasteiger partial charge on any atom is 0.332 e. The third-order valence-electron chi connectivity index (χ3n) is 1.89. The van der Waals surface area contributed by atoms with Crippen molar-refractivity contribution in [3.05, 3.63) is 39.9 Å². The highest BCUT2D eigenvalue weighted by molar-refractivity contribution is 5.72. The van der Waals surface area contributed by atoms with Gasteiger partial charge in [-0.3, -0.25) is 10.1 Å². The molecule has 0 aliphatic heterocycles. The SMILES string of the molecule is O=C(O)C(O)Cc1ccccc1[N+](=O)[O-]. The molecule has 0 spiro atoms. The minimum atomic E-state index is -1.62. The van der Waals surface area contributed by atoms with Gasteiger partial charge >= 0.3 is 5.97 Å². The lowest BCUT2D eigenvalue weighted by Crippen LogP contribution is -2.22. The van der Waals surface area contributed by atoms with E-state index < -0.39 is 17.0 Å². The number of carbonyl (C=O) groups is 1. The zero-order chi connectivity index (χ0) is 11.4. The topological polar surface area (TPSA) is 101 Å². The number of hydrogen-bond donors (Lipinski definition) is 2. The van der Waals surface area contributed by atoms with E-state index in [4.69, 9.17) is 10.2 Å². The number of carboxylic acids is 1. The van der Waals surface area contributed by atoms with Crippen LogP contribution >= 0.6 is 0 Å². The Kier molecular flexibility index (Phi) is 3.35. The summed E-state index contributed by atoms with van der Waals surface area (Å²) in [6.45, 7) is 0. The lowest BCUT2D eigenvalue weighted by molar-refractivity contribution is -0.385. The van der Waals surface area contributed by atoms with Crippen molar-refractivity contribution in [2.45, 2.75) is 12.5 Å². The molecular formula is C9H9NO5. The van der Waals surface area contributed by atoms with Crippen molar-refractivity contribution in [1.82, 2.24) is 0 Å². The molecule has 1 aromatic rings. The fourth-order valence-corrected chi connectivity index (χ4v) is 1.16. The van der Waals surface area contributed by atoms with Gasteiger partial charge in [-0.05, 0) is 0 Å². The second-order valence-electron chi connectivity index (χ2n) is 2.94. The largest absolute Gasteiger partial charge is 0.479 e. The Labute approximate surface area is 84.9 Å². The Morgan fingerprint density at radius 2 is 2.07 bits per heavy atom. The Bertz CT molecular complexity index is 390. The number of aliphatic hydroxyl groups excluding tert-OH is 1. The molecule has 0 radical (unpaired) electrons. The predicted molar refractivity (Wildman–Crippen MR) is 50.4 cm³/mol. The molecule has 2 N–H and O–H groups in total. The van der Waals surface area contributed by atoms with Crippen molar-refractivity contribution < 1.29 is 19.9 Å². The highest BCUT2D eigenvalue weighted by Crippen LogP contribution is 2.19. The molecule has 15 heavy (non-hydrogen) atoms. The van der Waals surface area contributed by atoms with Gasteiger partial charge < -0.3 is 10.2 Å². The molecule has 1 rings (SSSR count). The molecule has 0 fully saturated rings. The molecule has 0 bridgehead atoms. The number of nitro groups is 1. The van der Waals surface area contributed by atoms with Crippen LogP contribution in [0.25, 0.3) is 0 Å². The molecule has 1 atom stereocenters. The van der Waals surface area contributed by atoms with Gasteiger partial charge in [-0.25, -0.2) is 4.79 Å². The van der Waals surface area contributed by atoms with Crippen molar-refractivity contribution in [1.29, 1.82) is 0 Å². The van der Waals surface area contributed by atoms with Gasteiger partial charge in [-0.1, -0.05) is 18.2 Å². The van der Waals surface area contributed by atoms with Crippen LogP contribution in [0.2, 0.25) is 0 Å². The van der Waals surface area contributed by atoms with E-state index in [1.54, 1.807) is 6.07 Å². The van der Waals surface area contributed by atoms with Crippen LogP contribution in [0.4, 0.5) is 5.69 Å². The molecule has 80 valence electrons. The van der Waals surface area contributed by atoms with E-state index >= 15 is 0 Å². The first-order valence-electron chi connectivity index (χ1n) is 4.15. The second kappa shape index (κ2) is 4.52. The van der Waals surface area contributed by atoms with Crippen molar-refractivity contribution in [2.24, 2.45) is 0 Å². The van der Waals surface area contributed by atoms with Gasteiger partial charge in [0.05, 0.1) is 4.92 Å². The summed E-state index contributed by atoms with van der Waals surface area (Å²) in [6.07, 6.45) is -1.89. The van der Waals surface area contributed by atoms with Crippen LogP contribution in [0.3, 0.4) is 0 Å². The summed E-state index contributed by atoms with van der Waals surface area (Å²) in [5.41, 5.74) is 0.0233. The third kappa shape index (κ3) is 2.75. The van der Waals surface area contributed by atoms with Crippen molar-refractivity contribution in [3.8, 4) is 0 Å². The van der Waals surface area contributed by atoms with Crippen LogP contribution in [0.5, 0.6) is 0 Å². The summed E-state index contributed by atoms with van der Waals surface area (Å²) in [6, 6.07) is 5.72. The number of nitrogens with zero attached hydrogens (tertiary/aromatic N) is 1. The van der Waals surface area contributed by atoms with E-state index in [2.05, 4.69) is 0 Å². The Morgan fingerprint density at radius 1 is 1.47 bits per heavy atom. The zero-order valence-corrected chi connectivity index (χ0v) is 7.66. The second-order valence-corrected chi connectivity index (χ2v) is 2.94. The standard InChI is InChI=1S/C9H9NO5/c11-8(9(12)13)5-6-3-1-2-4-7(6)10(14)15/h1-4,8,11H,5H2,(H,12,13). The van der Waals surface area contributed by atoms with Gasteiger partial charge in [-0.15, -0.1) is 0 Å². The first-order valence-corrected chi connectivity index (χ1v) is 4.15. The lowest BCUT2D eigenvalue weighted by atomic mass is 10.1. The van der Waals surface area contributed by atoms with Crippen LogP contribution in [-0.4, -0.2) is 27.2 Å². The summed E-state index contributed by atoms with van der Waals surface area (Å²) in [4.78, 5) is 20.3.